The summed E-state index contributed by atoms with van der Waals surface area (Å²) in [6.07, 6.45) is 0.806. The van der Waals surface area contributed by atoms with Gasteiger partial charge in [0.05, 0.1) is 6.54 Å². The Morgan fingerprint density at radius 1 is 1.14 bits per heavy atom. The van der Waals surface area contributed by atoms with Crippen molar-refractivity contribution in [3.8, 4) is 5.75 Å². The van der Waals surface area contributed by atoms with Gasteiger partial charge in [-0.25, -0.2) is 4.79 Å². The lowest BCUT2D eigenvalue weighted by Gasteiger charge is -2.19. The van der Waals surface area contributed by atoms with E-state index in [1.165, 1.54) is 5.56 Å². The monoisotopic (exact) mass is 308 g/mol. The summed E-state index contributed by atoms with van der Waals surface area (Å²) in [4.78, 5) is 11.5. The molecule has 2 N–H and O–H groups in total. The number of carbonyl (C=O) groups is 1. The number of urea groups is 1. The van der Waals surface area contributed by atoms with Crippen molar-refractivity contribution >= 4 is 6.03 Å². The van der Waals surface area contributed by atoms with Crippen LogP contribution in [0, 0.1) is 0 Å². The van der Waals surface area contributed by atoms with Crippen molar-refractivity contribution in [2.45, 2.75) is 32.6 Å². The predicted molar refractivity (Wildman–Crippen MR) is 88.5 cm³/mol. The van der Waals surface area contributed by atoms with Crippen LogP contribution < -0.4 is 15.4 Å². The Morgan fingerprint density at radius 3 is 2.55 bits per heavy atom. The van der Waals surface area contributed by atoms with Gasteiger partial charge in [0.2, 0.25) is 0 Å². The molecule has 0 atom stereocenters. The molecule has 0 unspecified atom stereocenters. The van der Waals surface area contributed by atoms with E-state index in [0.717, 1.165) is 12.2 Å². The highest BCUT2D eigenvalue weighted by Gasteiger charge is 2.13. The highest BCUT2D eigenvalue weighted by atomic mass is 16.5. The third-order valence-corrected chi connectivity index (χ3v) is 3.17. The topological polar surface area (TPSA) is 59.6 Å². The SMILES string of the molecule is COCCCNC(=O)NCCOc1cccc(C(C)(C)C)c1. The Labute approximate surface area is 133 Å². The second-order valence-electron chi connectivity index (χ2n) is 6.16. The van der Waals surface area contributed by atoms with Gasteiger partial charge < -0.3 is 20.1 Å². The number of benzene rings is 1. The van der Waals surface area contributed by atoms with E-state index in [2.05, 4.69) is 37.5 Å². The van der Waals surface area contributed by atoms with Gasteiger partial charge in [0.15, 0.2) is 0 Å². The van der Waals surface area contributed by atoms with Gasteiger partial charge in [0, 0.05) is 20.3 Å². The lowest BCUT2D eigenvalue weighted by atomic mass is 9.87. The van der Waals surface area contributed by atoms with Gasteiger partial charge in [0.25, 0.3) is 0 Å². The van der Waals surface area contributed by atoms with Gasteiger partial charge in [-0.2, -0.15) is 0 Å². The molecule has 0 aliphatic heterocycles. The van der Waals surface area contributed by atoms with Crippen molar-refractivity contribution < 1.29 is 14.3 Å². The van der Waals surface area contributed by atoms with Gasteiger partial charge in [0.1, 0.15) is 12.4 Å². The zero-order valence-electron chi connectivity index (χ0n) is 14.1. The maximum atomic E-state index is 11.5. The fourth-order valence-electron chi connectivity index (χ4n) is 1.87. The van der Waals surface area contributed by atoms with Crippen molar-refractivity contribution in [2.24, 2.45) is 0 Å². The molecular weight excluding hydrogens is 280 g/mol. The molecule has 0 heterocycles. The zero-order chi connectivity index (χ0) is 16.4. The molecule has 0 radical (unpaired) electrons. The van der Waals surface area contributed by atoms with E-state index in [1.807, 2.05) is 18.2 Å². The molecule has 0 aliphatic carbocycles. The third-order valence-electron chi connectivity index (χ3n) is 3.17. The quantitative estimate of drug-likeness (QED) is 0.726. The highest BCUT2D eigenvalue weighted by molar-refractivity contribution is 5.73. The minimum atomic E-state index is -0.178. The van der Waals surface area contributed by atoms with E-state index in [1.54, 1.807) is 7.11 Å². The van der Waals surface area contributed by atoms with Gasteiger partial charge in [-0.15, -0.1) is 0 Å². The molecule has 0 fully saturated rings. The Morgan fingerprint density at radius 2 is 1.86 bits per heavy atom. The second-order valence-corrected chi connectivity index (χ2v) is 6.16. The molecule has 1 rings (SSSR count). The Balaban J connectivity index is 2.23. The standard InChI is InChI=1S/C17H28N2O3/c1-17(2,3)14-7-5-8-15(13-14)22-12-10-19-16(20)18-9-6-11-21-4/h5,7-8,13H,6,9-12H2,1-4H3,(H2,18,19,20). The van der Waals surface area contributed by atoms with Gasteiger partial charge >= 0.3 is 6.03 Å². The van der Waals surface area contributed by atoms with Crippen molar-refractivity contribution in [3.05, 3.63) is 29.8 Å². The largest absolute Gasteiger partial charge is 0.492 e. The first-order chi connectivity index (χ1) is 10.4. The molecule has 0 saturated carbocycles. The summed E-state index contributed by atoms with van der Waals surface area (Å²) in [5.41, 5.74) is 1.33. The lowest BCUT2D eigenvalue weighted by molar-refractivity contribution is 0.193. The van der Waals surface area contributed by atoms with E-state index in [0.29, 0.717) is 26.3 Å². The first kappa shape index (κ1) is 18.3. The second kappa shape index (κ2) is 9.30. The first-order valence-corrected chi connectivity index (χ1v) is 7.67. The third kappa shape index (κ3) is 7.31. The number of nitrogens with one attached hydrogen (secondary N) is 2. The first-order valence-electron chi connectivity index (χ1n) is 7.67. The zero-order valence-corrected chi connectivity index (χ0v) is 14.1. The molecule has 1 aromatic carbocycles. The smallest absolute Gasteiger partial charge is 0.314 e. The maximum absolute atomic E-state index is 11.5. The number of hydrogen-bond acceptors (Lipinski definition) is 3. The van der Waals surface area contributed by atoms with Crippen LogP contribution in [0.15, 0.2) is 24.3 Å². The summed E-state index contributed by atoms with van der Waals surface area (Å²) in [5.74, 6) is 0.828. The van der Waals surface area contributed by atoms with E-state index >= 15 is 0 Å². The minimum Gasteiger partial charge on any atom is -0.492 e. The van der Waals surface area contributed by atoms with Crippen molar-refractivity contribution in [1.29, 1.82) is 0 Å². The number of rotatable bonds is 8. The molecule has 0 aliphatic rings. The summed E-state index contributed by atoms with van der Waals surface area (Å²) in [5, 5.41) is 5.52. The van der Waals surface area contributed by atoms with Crippen molar-refractivity contribution in [3.63, 3.8) is 0 Å². The fourth-order valence-corrected chi connectivity index (χ4v) is 1.87. The summed E-state index contributed by atoms with van der Waals surface area (Å²) in [6.45, 7) is 8.67. The average Bonchev–Trinajstić information content (AvgIpc) is 2.48. The maximum Gasteiger partial charge on any atom is 0.314 e. The molecule has 2 amide bonds. The van der Waals surface area contributed by atoms with Crippen LogP contribution in [0.5, 0.6) is 5.75 Å². The van der Waals surface area contributed by atoms with Crippen LogP contribution in [0.4, 0.5) is 4.79 Å². The van der Waals surface area contributed by atoms with E-state index in [9.17, 15) is 4.79 Å². The summed E-state index contributed by atoms with van der Waals surface area (Å²) in [6, 6.07) is 7.89. The summed E-state index contributed by atoms with van der Waals surface area (Å²) < 4.78 is 10.6. The molecule has 0 spiro atoms. The Kier molecular flexibility index (Phi) is 7.74. The van der Waals surface area contributed by atoms with E-state index < -0.39 is 0 Å². The summed E-state index contributed by atoms with van der Waals surface area (Å²) in [7, 11) is 1.64. The molecule has 0 aromatic heterocycles. The molecule has 1 aromatic rings. The highest BCUT2D eigenvalue weighted by Crippen LogP contribution is 2.25. The van der Waals surface area contributed by atoms with Gasteiger partial charge in [-0.3, -0.25) is 0 Å². The van der Waals surface area contributed by atoms with Crippen LogP contribution in [0.25, 0.3) is 0 Å². The predicted octanol–water partition coefficient (Wildman–Crippen LogP) is 2.70. The van der Waals surface area contributed by atoms with Crippen LogP contribution in [0.1, 0.15) is 32.8 Å². The van der Waals surface area contributed by atoms with E-state index in [-0.39, 0.29) is 11.4 Å². The number of methoxy groups -OCH3 is 1. The molecule has 5 heteroatoms. The van der Waals surface area contributed by atoms with Crippen LogP contribution >= 0.6 is 0 Å². The fraction of sp³-hybridized carbons (Fsp3) is 0.588. The molecule has 5 nitrogen and oxygen atoms in total. The van der Waals surface area contributed by atoms with Crippen LogP contribution in [-0.2, 0) is 10.2 Å². The molecule has 124 valence electrons. The molecule has 0 bridgehead atoms. The molecule has 0 saturated heterocycles. The number of amides is 2. The summed E-state index contributed by atoms with van der Waals surface area (Å²) >= 11 is 0. The van der Waals surface area contributed by atoms with Crippen molar-refractivity contribution in [2.75, 3.05) is 33.4 Å². The van der Waals surface area contributed by atoms with Crippen LogP contribution in [0.2, 0.25) is 0 Å². The lowest BCUT2D eigenvalue weighted by Crippen LogP contribution is -2.38. The Bertz CT molecular complexity index is 455. The molecule has 22 heavy (non-hydrogen) atoms. The van der Waals surface area contributed by atoms with E-state index in [4.69, 9.17) is 9.47 Å². The number of ether oxygens (including phenoxy) is 2. The van der Waals surface area contributed by atoms with Crippen LogP contribution in [-0.4, -0.2) is 39.4 Å². The van der Waals surface area contributed by atoms with Crippen LogP contribution in [0.3, 0.4) is 0 Å². The van der Waals surface area contributed by atoms with Gasteiger partial charge in [-0.05, 0) is 29.5 Å². The number of carbonyl (C=O) groups excluding carboxylic acids is 1. The van der Waals surface area contributed by atoms with Gasteiger partial charge in [-0.1, -0.05) is 32.9 Å². The van der Waals surface area contributed by atoms with Crippen molar-refractivity contribution in [1.82, 2.24) is 10.6 Å². The normalized spacial score (nSPS) is 11.1. The minimum absolute atomic E-state index is 0.0969. The Hall–Kier alpha value is -1.75. The molecular formula is C17H28N2O3. The number of hydrogen-bond donors (Lipinski definition) is 2. The average molecular weight is 308 g/mol.